The van der Waals surface area contributed by atoms with Crippen LogP contribution < -0.4 is 10.6 Å². The van der Waals surface area contributed by atoms with Gasteiger partial charge in [-0.1, -0.05) is 6.92 Å². The van der Waals surface area contributed by atoms with Crippen molar-refractivity contribution in [3.05, 3.63) is 17.5 Å². The smallest absolute Gasteiger partial charge is 0.254 e. The normalized spacial score (nSPS) is 21.7. The van der Waals surface area contributed by atoms with E-state index in [1.165, 1.54) is 0 Å². The molecule has 1 aromatic heterocycles. The van der Waals surface area contributed by atoms with E-state index in [9.17, 15) is 4.79 Å². The van der Waals surface area contributed by atoms with Crippen molar-refractivity contribution in [2.75, 3.05) is 6.54 Å². The lowest BCUT2D eigenvalue weighted by Crippen LogP contribution is -2.25. The van der Waals surface area contributed by atoms with Gasteiger partial charge in [-0.15, -0.1) is 0 Å². The SMILES string of the molecule is CCCN=C1NC(=O)C(c2cnn(C)c2C)N1. The minimum atomic E-state index is -0.376. The minimum absolute atomic E-state index is 0.0732. The number of rotatable bonds is 3. The van der Waals surface area contributed by atoms with E-state index in [1.54, 1.807) is 10.9 Å². The molecule has 0 aliphatic carbocycles. The van der Waals surface area contributed by atoms with Gasteiger partial charge in [-0.05, 0) is 13.3 Å². The summed E-state index contributed by atoms with van der Waals surface area (Å²) in [4.78, 5) is 16.1. The van der Waals surface area contributed by atoms with Crippen LogP contribution in [0.15, 0.2) is 11.2 Å². The fraction of sp³-hybridized carbons (Fsp3) is 0.545. The van der Waals surface area contributed by atoms with Gasteiger partial charge in [0.2, 0.25) is 0 Å². The molecule has 1 aliphatic heterocycles. The van der Waals surface area contributed by atoms with E-state index in [0.717, 1.165) is 17.7 Å². The van der Waals surface area contributed by atoms with Gasteiger partial charge >= 0.3 is 0 Å². The molecule has 1 unspecified atom stereocenters. The maximum absolute atomic E-state index is 11.8. The first kappa shape index (κ1) is 11.6. The number of carbonyl (C=O) groups is 1. The maximum Gasteiger partial charge on any atom is 0.254 e. The van der Waals surface area contributed by atoms with Crippen LogP contribution in [0.4, 0.5) is 0 Å². The molecular weight excluding hydrogens is 218 g/mol. The molecule has 6 heteroatoms. The van der Waals surface area contributed by atoms with E-state index in [2.05, 4.69) is 20.7 Å². The highest BCUT2D eigenvalue weighted by Gasteiger charge is 2.31. The molecule has 0 bridgehead atoms. The highest BCUT2D eigenvalue weighted by Crippen LogP contribution is 2.19. The summed E-state index contributed by atoms with van der Waals surface area (Å²) in [5.74, 6) is 0.487. The van der Waals surface area contributed by atoms with Gasteiger partial charge < -0.3 is 5.32 Å². The number of guanidine groups is 1. The van der Waals surface area contributed by atoms with E-state index in [0.29, 0.717) is 12.5 Å². The van der Waals surface area contributed by atoms with Gasteiger partial charge in [0.1, 0.15) is 6.04 Å². The Bertz CT molecular complexity index is 462. The number of carbonyl (C=O) groups excluding carboxylic acids is 1. The molecule has 1 saturated heterocycles. The quantitative estimate of drug-likeness (QED) is 0.789. The van der Waals surface area contributed by atoms with Crippen LogP contribution in [0, 0.1) is 6.92 Å². The van der Waals surface area contributed by atoms with Crippen LogP contribution >= 0.6 is 0 Å². The number of aryl methyl sites for hydroxylation is 1. The summed E-state index contributed by atoms with van der Waals surface area (Å²) < 4.78 is 1.76. The van der Waals surface area contributed by atoms with E-state index >= 15 is 0 Å². The van der Waals surface area contributed by atoms with E-state index in [-0.39, 0.29) is 11.9 Å². The van der Waals surface area contributed by atoms with Crippen molar-refractivity contribution < 1.29 is 4.79 Å². The molecule has 0 radical (unpaired) electrons. The summed E-state index contributed by atoms with van der Waals surface area (Å²) in [7, 11) is 1.86. The predicted octanol–water partition coefficient (Wildman–Crippen LogP) is 0.255. The number of hydrogen-bond acceptors (Lipinski definition) is 3. The number of aliphatic imine (C=N–C) groups is 1. The minimum Gasteiger partial charge on any atom is -0.340 e. The molecule has 1 aliphatic rings. The van der Waals surface area contributed by atoms with Crippen molar-refractivity contribution in [1.82, 2.24) is 20.4 Å². The van der Waals surface area contributed by atoms with Crippen molar-refractivity contribution in [3.63, 3.8) is 0 Å². The van der Waals surface area contributed by atoms with E-state index in [1.807, 2.05) is 20.9 Å². The third kappa shape index (κ3) is 2.15. The monoisotopic (exact) mass is 235 g/mol. The summed E-state index contributed by atoms with van der Waals surface area (Å²) in [5.41, 5.74) is 1.88. The Morgan fingerprint density at radius 3 is 2.94 bits per heavy atom. The highest BCUT2D eigenvalue weighted by atomic mass is 16.2. The van der Waals surface area contributed by atoms with E-state index < -0.39 is 0 Å². The van der Waals surface area contributed by atoms with Crippen molar-refractivity contribution >= 4 is 11.9 Å². The van der Waals surface area contributed by atoms with Crippen LogP contribution in [-0.2, 0) is 11.8 Å². The van der Waals surface area contributed by atoms with Crippen molar-refractivity contribution in [2.24, 2.45) is 12.0 Å². The zero-order valence-electron chi connectivity index (χ0n) is 10.3. The first-order chi connectivity index (χ1) is 8.13. The fourth-order valence-electron chi connectivity index (χ4n) is 1.75. The molecule has 92 valence electrons. The molecule has 2 heterocycles. The summed E-state index contributed by atoms with van der Waals surface area (Å²) >= 11 is 0. The van der Waals surface area contributed by atoms with Crippen LogP contribution in [0.3, 0.4) is 0 Å². The Balaban J connectivity index is 2.19. The molecule has 0 spiro atoms. The van der Waals surface area contributed by atoms with Crippen molar-refractivity contribution in [2.45, 2.75) is 26.3 Å². The number of hydrogen-bond donors (Lipinski definition) is 2. The average Bonchev–Trinajstić information content (AvgIpc) is 2.82. The van der Waals surface area contributed by atoms with Crippen LogP contribution in [0.1, 0.15) is 30.6 Å². The zero-order chi connectivity index (χ0) is 12.4. The second kappa shape index (κ2) is 4.57. The molecule has 1 amide bonds. The molecule has 0 aromatic carbocycles. The van der Waals surface area contributed by atoms with Gasteiger partial charge in [0.25, 0.3) is 5.91 Å². The van der Waals surface area contributed by atoms with Crippen molar-refractivity contribution in [3.8, 4) is 0 Å². The maximum atomic E-state index is 11.8. The van der Waals surface area contributed by atoms with E-state index in [4.69, 9.17) is 0 Å². The van der Waals surface area contributed by atoms with Crippen molar-refractivity contribution in [1.29, 1.82) is 0 Å². The molecule has 1 atom stereocenters. The summed E-state index contributed by atoms with van der Waals surface area (Å²) in [5, 5.41) is 9.96. The highest BCUT2D eigenvalue weighted by molar-refractivity contribution is 6.06. The van der Waals surface area contributed by atoms with Crippen LogP contribution in [0.5, 0.6) is 0 Å². The number of aromatic nitrogens is 2. The van der Waals surface area contributed by atoms with Gasteiger partial charge in [0.05, 0.1) is 6.20 Å². The summed E-state index contributed by atoms with van der Waals surface area (Å²) in [6.45, 7) is 4.70. The number of nitrogens with one attached hydrogen (secondary N) is 2. The topological polar surface area (TPSA) is 71.3 Å². The molecule has 6 nitrogen and oxygen atoms in total. The van der Waals surface area contributed by atoms with Gasteiger partial charge in [0.15, 0.2) is 5.96 Å². The third-order valence-corrected chi connectivity index (χ3v) is 2.86. The standard InChI is InChI=1S/C11H17N5O/c1-4-5-12-11-14-9(10(17)15-11)8-6-13-16(3)7(8)2/h6,9H,4-5H2,1-3H3,(H2,12,14,15,17). The molecule has 1 aromatic rings. The Hall–Kier alpha value is -1.85. The first-order valence-electron chi connectivity index (χ1n) is 5.73. The lowest BCUT2D eigenvalue weighted by Gasteiger charge is -2.06. The van der Waals surface area contributed by atoms with Crippen LogP contribution in [-0.4, -0.2) is 28.2 Å². The molecule has 17 heavy (non-hydrogen) atoms. The molecule has 0 saturated carbocycles. The number of nitrogens with zero attached hydrogens (tertiary/aromatic N) is 3. The Morgan fingerprint density at radius 2 is 2.35 bits per heavy atom. The Kier molecular flexibility index (Phi) is 3.12. The van der Waals surface area contributed by atoms with Gasteiger partial charge in [0, 0.05) is 24.8 Å². The van der Waals surface area contributed by atoms with Gasteiger partial charge in [-0.25, -0.2) is 0 Å². The average molecular weight is 235 g/mol. The van der Waals surface area contributed by atoms with Gasteiger partial charge in [-0.2, -0.15) is 5.10 Å². The zero-order valence-corrected chi connectivity index (χ0v) is 10.3. The predicted molar refractivity (Wildman–Crippen MR) is 64.6 cm³/mol. The Morgan fingerprint density at radius 1 is 1.59 bits per heavy atom. The summed E-state index contributed by atoms with van der Waals surface area (Å²) in [6, 6.07) is -0.376. The third-order valence-electron chi connectivity index (χ3n) is 2.86. The van der Waals surface area contributed by atoms with Crippen LogP contribution in [0.25, 0.3) is 0 Å². The lowest BCUT2D eigenvalue weighted by atomic mass is 10.1. The molecular formula is C11H17N5O. The largest absolute Gasteiger partial charge is 0.340 e. The second-order valence-corrected chi connectivity index (χ2v) is 4.11. The second-order valence-electron chi connectivity index (χ2n) is 4.11. The molecule has 1 fully saturated rings. The lowest BCUT2D eigenvalue weighted by molar-refractivity contribution is -0.120. The van der Waals surface area contributed by atoms with Gasteiger partial charge in [-0.3, -0.25) is 19.8 Å². The Labute approximate surface area is 100 Å². The summed E-state index contributed by atoms with van der Waals surface area (Å²) in [6.07, 6.45) is 2.67. The molecule has 2 N–H and O–H groups in total. The first-order valence-corrected chi connectivity index (χ1v) is 5.73. The fourth-order valence-corrected chi connectivity index (χ4v) is 1.75. The number of amides is 1. The van der Waals surface area contributed by atoms with Crippen LogP contribution in [0.2, 0.25) is 0 Å². The molecule has 2 rings (SSSR count).